The number of hydrogen-bond donors (Lipinski definition) is 0. The molecule has 4 aromatic rings. The summed E-state index contributed by atoms with van der Waals surface area (Å²) in [6.07, 6.45) is 2.45. The van der Waals surface area contributed by atoms with E-state index in [9.17, 15) is 0 Å². The fourth-order valence-corrected chi connectivity index (χ4v) is 3.97. The molecule has 0 bridgehead atoms. The zero-order valence-electron chi connectivity index (χ0n) is 16.7. The zero-order valence-corrected chi connectivity index (χ0v) is 15.7. The minimum atomic E-state index is -0.898. The first-order chi connectivity index (χ1) is 13.4. The van der Waals surface area contributed by atoms with Crippen LogP contribution in [0.25, 0.3) is 21.9 Å². The second kappa shape index (κ2) is 5.74. The van der Waals surface area contributed by atoms with Crippen LogP contribution >= 0.6 is 0 Å². The summed E-state index contributed by atoms with van der Waals surface area (Å²) >= 11 is 0. The van der Waals surface area contributed by atoms with Gasteiger partial charge < -0.3 is 14.2 Å². The predicted octanol–water partition coefficient (Wildman–Crippen LogP) is 5.98. The topological polar surface area (TPSA) is 32.5 Å². The highest BCUT2D eigenvalue weighted by Gasteiger charge is 2.39. The minimum absolute atomic E-state index is 0.699. The van der Waals surface area contributed by atoms with Crippen molar-refractivity contribution in [2.45, 2.75) is 26.8 Å². The van der Waals surface area contributed by atoms with Crippen molar-refractivity contribution < 1.29 is 5.79 Å². The van der Waals surface area contributed by atoms with Crippen LogP contribution in [0.5, 0.6) is 0 Å². The molecule has 3 heterocycles. The molecule has 0 atom stereocenters. The number of hydrogen-bond acceptors (Lipinski definition) is 4. The number of anilines is 3. The van der Waals surface area contributed by atoms with E-state index in [4.69, 9.17) is 5.79 Å². The lowest BCUT2D eigenvalue weighted by Gasteiger charge is -2.31. The first kappa shape index (κ1) is 15.1. The normalized spacial score (nSPS) is 15.6. The van der Waals surface area contributed by atoms with E-state index in [0.29, 0.717) is 6.17 Å². The Kier molecular flexibility index (Phi) is 3.21. The van der Waals surface area contributed by atoms with Gasteiger partial charge in [0.05, 0.1) is 12.7 Å². The Hall–Kier alpha value is -3.01. The number of furan rings is 1. The van der Waals surface area contributed by atoms with Gasteiger partial charge in [0, 0.05) is 23.0 Å². The number of nitrogens with zero attached hydrogens (tertiary/aromatic N) is 3. The molecule has 2 radical (unpaired) electrons. The molecule has 2 aromatic carbocycles. The molecule has 4 nitrogen and oxygen atoms in total. The maximum absolute atomic E-state index is 8.62. The molecule has 0 aliphatic carbocycles. The van der Waals surface area contributed by atoms with Crippen LogP contribution in [0.2, 0.25) is 0 Å². The van der Waals surface area contributed by atoms with Crippen molar-refractivity contribution in [2.75, 3.05) is 9.80 Å². The van der Waals surface area contributed by atoms with E-state index in [2.05, 4.69) is 41.9 Å². The summed E-state index contributed by atoms with van der Waals surface area (Å²) < 4.78 is 14.9. The van der Waals surface area contributed by atoms with Gasteiger partial charge in [-0.3, -0.25) is 0 Å². The van der Waals surface area contributed by atoms with Crippen molar-refractivity contribution in [3.05, 3.63) is 73.4 Å². The lowest BCUT2D eigenvalue weighted by molar-refractivity contribution is 0.665. The van der Waals surface area contributed by atoms with Gasteiger partial charge in [-0.2, -0.15) is 0 Å². The van der Waals surface area contributed by atoms with Crippen molar-refractivity contribution >= 4 is 39.1 Å². The number of aromatic nitrogens is 1. The standard InChI is InChI=1S/C23H21N3O/c1-14(2)25-16(4)26(19-9-7-13-24-23(19)25)21-15(3)11-12-18-17-8-5-6-10-20(17)27-22(18)21/h5-14H,4H2,1-3H3/i14D. The highest BCUT2D eigenvalue weighted by atomic mass is 16.3. The summed E-state index contributed by atoms with van der Waals surface area (Å²) in [6, 6.07) is 15.3. The van der Waals surface area contributed by atoms with Gasteiger partial charge in [0.1, 0.15) is 5.58 Å². The maximum Gasteiger partial charge on any atom is 0.162 e. The second-order valence-corrected chi connectivity index (χ2v) is 7.09. The first-order valence-electron chi connectivity index (χ1n) is 9.53. The molecular formula is C23H21N3O. The van der Waals surface area contributed by atoms with E-state index in [1.54, 1.807) is 6.20 Å². The average Bonchev–Trinajstić information content (AvgIpc) is 3.16. The Morgan fingerprint density at radius 3 is 2.70 bits per heavy atom. The Morgan fingerprint density at radius 1 is 1.07 bits per heavy atom. The summed E-state index contributed by atoms with van der Waals surface area (Å²) in [5.41, 5.74) is 4.61. The van der Waals surface area contributed by atoms with Gasteiger partial charge in [0.2, 0.25) is 0 Å². The van der Waals surface area contributed by atoms with Gasteiger partial charge >= 0.3 is 0 Å². The van der Waals surface area contributed by atoms with E-state index < -0.39 is 6.02 Å². The number of aryl methyl sites for hydroxylation is 1. The predicted molar refractivity (Wildman–Crippen MR) is 111 cm³/mol. The molecule has 2 aromatic heterocycles. The largest absolute Gasteiger partial charge is 0.454 e. The van der Waals surface area contributed by atoms with E-state index in [-0.39, 0.29) is 0 Å². The van der Waals surface area contributed by atoms with E-state index >= 15 is 0 Å². The molecule has 4 heteroatoms. The number of benzene rings is 2. The van der Waals surface area contributed by atoms with Crippen LogP contribution in [-0.4, -0.2) is 11.0 Å². The number of pyridine rings is 1. The number of fused-ring (bicyclic) bond motifs is 4. The van der Waals surface area contributed by atoms with Crippen LogP contribution in [0.4, 0.5) is 17.2 Å². The quantitative estimate of drug-likeness (QED) is 0.442. The molecule has 1 aliphatic rings. The van der Waals surface area contributed by atoms with Gasteiger partial charge in [0.15, 0.2) is 17.6 Å². The van der Waals surface area contributed by atoms with Crippen molar-refractivity contribution in [3.63, 3.8) is 0 Å². The van der Waals surface area contributed by atoms with E-state index in [0.717, 1.165) is 44.7 Å². The molecule has 0 fully saturated rings. The molecule has 0 amide bonds. The third kappa shape index (κ3) is 2.19. The fourth-order valence-electron chi connectivity index (χ4n) is 3.97. The van der Waals surface area contributed by atoms with Crippen LogP contribution in [0.15, 0.2) is 59.1 Å². The molecule has 5 rings (SSSR count). The van der Waals surface area contributed by atoms with Gasteiger partial charge in [-0.25, -0.2) is 4.98 Å². The minimum Gasteiger partial charge on any atom is -0.454 e. The summed E-state index contributed by atoms with van der Waals surface area (Å²) in [5, 5.41) is 2.16. The van der Waals surface area contributed by atoms with E-state index in [1.165, 1.54) is 0 Å². The van der Waals surface area contributed by atoms with Gasteiger partial charge in [-0.05, 0) is 51.5 Å². The van der Waals surface area contributed by atoms with Gasteiger partial charge in [-0.15, -0.1) is 0 Å². The van der Waals surface area contributed by atoms with E-state index in [1.807, 2.05) is 49.1 Å². The van der Waals surface area contributed by atoms with Crippen LogP contribution in [0.3, 0.4) is 0 Å². The zero-order chi connectivity index (χ0) is 19.6. The molecule has 0 saturated heterocycles. The fraction of sp³-hybridized carbons (Fsp3) is 0.174. The third-order valence-electron chi connectivity index (χ3n) is 5.13. The van der Waals surface area contributed by atoms with Gasteiger partial charge in [0.25, 0.3) is 0 Å². The maximum atomic E-state index is 8.62. The van der Waals surface area contributed by atoms with Crippen LogP contribution in [0.1, 0.15) is 20.8 Å². The summed E-state index contributed by atoms with van der Waals surface area (Å²) in [5.74, 6) is 0.736. The van der Waals surface area contributed by atoms with Crippen molar-refractivity contribution in [1.29, 1.82) is 0 Å². The molecule has 1 aliphatic heterocycles. The van der Waals surface area contributed by atoms with Crippen LogP contribution < -0.4 is 9.80 Å². The molecule has 0 N–H and O–H groups in total. The van der Waals surface area contributed by atoms with Crippen LogP contribution in [-0.2, 0) is 0 Å². The molecule has 27 heavy (non-hydrogen) atoms. The monoisotopic (exact) mass is 356 g/mol. The summed E-state index contributed by atoms with van der Waals surface area (Å²) in [7, 11) is 0. The molecular weight excluding hydrogens is 334 g/mol. The Morgan fingerprint density at radius 2 is 1.89 bits per heavy atom. The summed E-state index contributed by atoms with van der Waals surface area (Å²) in [4.78, 5) is 8.49. The van der Waals surface area contributed by atoms with Gasteiger partial charge in [-0.1, -0.05) is 30.3 Å². The molecule has 134 valence electrons. The lowest BCUT2D eigenvalue weighted by Crippen LogP contribution is -2.36. The van der Waals surface area contributed by atoms with Crippen molar-refractivity contribution in [2.24, 2.45) is 0 Å². The highest BCUT2D eigenvalue weighted by Crippen LogP contribution is 2.50. The Balaban J connectivity index is 1.82. The first-order valence-corrected chi connectivity index (χ1v) is 9.03. The molecule has 0 saturated carbocycles. The average molecular weight is 356 g/mol. The summed E-state index contributed by atoms with van der Waals surface area (Å²) in [6.45, 7) is 10.1. The third-order valence-corrected chi connectivity index (χ3v) is 5.13. The highest BCUT2D eigenvalue weighted by molar-refractivity contribution is 6.11. The lowest BCUT2D eigenvalue weighted by atomic mass is 10.1. The Labute approximate surface area is 160 Å². The number of rotatable bonds is 2. The molecule has 0 spiro atoms. The smallest absolute Gasteiger partial charge is 0.162 e. The molecule has 0 unspecified atom stereocenters. The second-order valence-electron chi connectivity index (χ2n) is 7.09. The number of para-hydroxylation sites is 1. The SMILES string of the molecule is [2H]C(C)(C)N1[C]([CH2])N(c2c(C)ccc3c2oc2ccccc23)c2cccnc21. The Bertz CT molecular complexity index is 1210. The van der Waals surface area contributed by atoms with Crippen molar-refractivity contribution in [1.82, 2.24) is 4.98 Å². The van der Waals surface area contributed by atoms with Crippen LogP contribution in [0, 0.1) is 20.0 Å². The van der Waals surface area contributed by atoms with Crippen molar-refractivity contribution in [3.8, 4) is 0 Å².